The van der Waals surface area contributed by atoms with Crippen LogP contribution in [-0.4, -0.2) is 34.9 Å². The number of nitrogens with one attached hydrogen (secondary N) is 1. The first-order chi connectivity index (χ1) is 8.17. The van der Waals surface area contributed by atoms with Crippen molar-refractivity contribution in [1.29, 1.82) is 0 Å². The second-order valence-corrected chi connectivity index (χ2v) is 4.00. The van der Waals surface area contributed by atoms with Crippen LogP contribution >= 0.6 is 0 Å². The van der Waals surface area contributed by atoms with Crippen molar-refractivity contribution in [2.45, 2.75) is 39.8 Å². The topological polar surface area (TPSA) is 56.2 Å². The molecule has 5 heteroatoms. The minimum Gasteiger partial charge on any atom is -0.465 e. The minimum absolute atomic E-state index is 0.214. The Morgan fingerprint density at radius 2 is 2.35 bits per heavy atom. The lowest BCUT2D eigenvalue weighted by molar-refractivity contribution is -0.146. The van der Waals surface area contributed by atoms with Gasteiger partial charge in [0, 0.05) is 6.20 Å². The number of aryl methyl sites for hydroxylation is 1. The molecule has 0 amide bonds. The fraction of sp³-hybridized carbons (Fsp3) is 0.667. The third-order valence-corrected chi connectivity index (χ3v) is 2.34. The van der Waals surface area contributed by atoms with E-state index in [0.29, 0.717) is 13.2 Å². The Balaban J connectivity index is 2.59. The van der Waals surface area contributed by atoms with Gasteiger partial charge in [-0.25, -0.2) is 0 Å². The molecule has 5 nitrogen and oxygen atoms in total. The molecule has 1 aromatic rings. The molecule has 0 radical (unpaired) electrons. The third kappa shape index (κ3) is 4.56. The molecule has 1 N–H and O–H groups in total. The highest BCUT2D eigenvalue weighted by atomic mass is 16.5. The van der Waals surface area contributed by atoms with Crippen LogP contribution in [0, 0.1) is 6.92 Å². The average molecular weight is 239 g/mol. The van der Waals surface area contributed by atoms with E-state index in [1.165, 1.54) is 0 Å². The van der Waals surface area contributed by atoms with E-state index in [1.54, 1.807) is 10.9 Å². The van der Waals surface area contributed by atoms with E-state index in [9.17, 15) is 4.79 Å². The second-order valence-electron chi connectivity index (χ2n) is 4.00. The predicted octanol–water partition coefficient (Wildman–Crippen LogP) is 1.12. The molecule has 0 aromatic carbocycles. The molecule has 0 fully saturated rings. The Morgan fingerprint density at radius 3 is 2.88 bits per heavy atom. The third-order valence-electron chi connectivity index (χ3n) is 2.34. The SMILES string of the molecule is CCCNC(Cn1cc(C)cn1)C(=O)OCC. The van der Waals surface area contributed by atoms with Gasteiger partial charge in [-0.2, -0.15) is 5.10 Å². The zero-order valence-electron chi connectivity index (χ0n) is 10.8. The Hall–Kier alpha value is -1.36. The van der Waals surface area contributed by atoms with Crippen molar-refractivity contribution in [2.24, 2.45) is 0 Å². The normalized spacial score (nSPS) is 12.4. The summed E-state index contributed by atoms with van der Waals surface area (Å²) in [6, 6.07) is -0.325. The van der Waals surface area contributed by atoms with Gasteiger partial charge < -0.3 is 10.1 Å². The van der Waals surface area contributed by atoms with Crippen LogP contribution in [0.1, 0.15) is 25.8 Å². The molecule has 1 unspecified atom stereocenters. The van der Waals surface area contributed by atoms with Gasteiger partial charge in [0.15, 0.2) is 0 Å². The molecule has 96 valence electrons. The summed E-state index contributed by atoms with van der Waals surface area (Å²) in [5, 5.41) is 7.35. The molecule has 0 saturated carbocycles. The van der Waals surface area contributed by atoms with Crippen LogP contribution in [0.4, 0.5) is 0 Å². The van der Waals surface area contributed by atoms with Crippen molar-refractivity contribution in [3.8, 4) is 0 Å². The summed E-state index contributed by atoms with van der Waals surface area (Å²) in [4.78, 5) is 11.7. The van der Waals surface area contributed by atoms with Crippen LogP contribution in [0.15, 0.2) is 12.4 Å². The Bertz CT molecular complexity index is 349. The largest absolute Gasteiger partial charge is 0.465 e. The van der Waals surface area contributed by atoms with E-state index in [4.69, 9.17) is 4.74 Å². The number of nitrogens with zero attached hydrogens (tertiary/aromatic N) is 2. The van der Waals surface area contributed by atoms with Crippen molar-refractivity contribution in [2.75, 3.05) is 13.2 Å². The highest BCUT2D eigenvalue weighted by Crippen LogP contribution is 1.99. The van der Waals surface area contributed by atoms with Crippen molar-refractivity contribution in [1.82, 2.24) is 15.1 Å². The smallest absolute Gasteiger partial charge is 0.325 e. The van der Waals surface area contributed by atoms with Gasteiger partial charge in [0.2, 0.25) is 0 Å². The molecule has 1 atom stereocenters. The summed E-state index contributed by atoms with van der Waals surface area (Å²) in [7, 11) is 0. The van der Waals surface area contributed by atoms with Crippen LogP contribution in [0.2, 0.25) is 0 Å². The van der Waals surface area contributed by atoms with Crippen LogP contribution < -0.4 is 5.32 Å². The fourth-order valence-corrected chi connectivity index (χ4v) is 1.54. The molecule has 0 saturated heterocycles. The molecule has 1 heterocycles. The molecule has 0 spiro atoms. The summed E-state index contributed by atoms with van der Waals surface area (Å²) in [5.41, 5.74) is 1.09. The van der Waals surface area contributed by atoms with Gasteiger partial charge in [-0.3, -0.25) is 9.48 Å². The van der Waals surface area contributed by atoms with E-state index < -0.39 is 0 Å². The van der Waals surface area contributed by atoms with Crippen molar-refractivity contribution >= 4 is 5.97 Å². The summed E-state index contributed by atoms with van der Waals surface area (Å²) in [6.07, 6.45) is 4.68. The predicted molar refractivity (Wildman–Crippen MR) is 65.7 cm³/mol. The summed E-state index contributed by atoms with van der Waals surface area (Å²) in [6.45, 7) is 7.56. The monoisotopic (exact) mass is 239 g/mol. The highest BCUT2D eigenvalue weighted by Gasteiger charge is 2.19. The maximum absolute atomic E-state index is 11.7. The molecular formula is C12H21N3O2. The second kappa shape index (κ2) is 7.06. The van der Waals surface area contributed by atoms with Crippen LogP contribution in [0.25, 0.3) is 0 Å². The number of hydrogen-bond acceptors (Lipinski definition) is 4. The lowest BCUT2D eigenvalue weighted by atomic mass is 10.3. The van der Waals surface area contributed by atoms with Gasteiger partial charge >= 0.3 is 5.97 Å². The zero-order valence-corrected chi connectivity index (χ0v) is 10.8. The van der Waals surface area contributed by atoms with E-state index in [0.717, 1.165) is 18.5 Å². The van der Waals surface area contributed by atoms with E-state index in [1.807, 2.05) is 20.0 Å². The van der Waals surface area contributed by atoms with Crippen molar-refractivity contribution < 1.29 is 9.53 Å². The van der Waals surface area contributed by atoms with Gasteiger partial charge in [0.1, 0.15) is 6.04 Å². The number of carbonyl (C=O) groups is 1. The van der Waals surface area contributed by atoms with E-state index >= 15 is 0 Å². The Kier molecular flexibility index (Phi) is 5.69. The molecule has 17 heavy (non-hydrogen) atoms. The number of esters is 1. The van der Waals surface area contributed by atoms with Crippen molar-refractivity contribution in [3.05, 3.63) is 18.0 Å². The Labute approximate surface area is 102 Å². The first kappa shape index (κ1) is 13.7. The average Bonchev–Trinajstić information content (AvgIpc) is 2.70. The van der Waals surface area contributed by atoms with Gasteiger partial charge in [-0.15, -0.1) is 0 Å². The number of rotatable bonds is 7. The van der Waals surface area contributed by atoms with Crippen molar-refractivity contribution in [3.63, 3.8) is 0 Å². The van der Waals surface area contributed by atoms with E-state index in [-0.39, 0.29) is 12.0 Å². The summed E-state index contributed by atoms with van der Waals surface area (Å²) < 4.78 is 6.80. The molecule has 1 rings (SSSR count). The van der Waals surface area contributed by atoms with E-state index in [2.05, 4.69) is 17.3 Å². The number of carbonyl (C=O) groups excluding carboxylic acids is 1. The summed E-state index contributed by atoms with van der Waals surface area (Å²) in [5.74, 6) is -0.214. The number of ether oxygens (including phenoxy) is 1. The zero-order chi connectivity index (χ0) is 12.7. The van der Waals surface area contributed by atoms with Gasteiger partial charge in [0.05, 0.1) is 19.3 Å². The highest BCUT2D eigenvalue weighted by molar-refractivity contribution is 5.75. The molecule has 1 aromatic heterocycles. The number of aromatic nitrogens is 2. The molecular weight excluding hydrogens is 218 g/mol. The maximum Gasteiger partial charge on any atom is 0.325 e. The Morgan fingerprint density at radius 1 is 1.59 bits per heavy atom. The number of hydrogen-bond donors (Lipinski definition) is 1. The maximum atomic E-state index is 11.7. The lowest BCUT2D eigenvalue weighted by Gasteiger charge is -2.16. The van der Waals surface area contributed by atoms with Gasteiger partial charge in [-0.05, 0) is 32.4 Å². The first-order valence-electron chi connectivity index (χ1n) is 6.06. The van der Waals surface area contributed by atoms with Crippen LogP contribution in [0.3, 0.4) is 0 Å². The molecule has 0 bridgehead atoms. The standard InChI is InChI=1S/C12H21N3O2/c1-4-6-13-11(12(16)17-5-2)9-15-8-10(3)7-14-15/h7-8,11,13H,4-6,9H2,1-3H3. The van der Waals surface area contributed by atoms with Crippen LogP contribution in [-0.2, 0) is 16.1 Å². The van der Waals surface area contributed by atoms with Crippen LogP contribution in [0.5, 0.6) is 0 Å². The first-order valence-corrected chi connectivity index (χ1v) is 6.06. The minimum atomic E-state index is -0.325. The lowest BCUT2D eigenvalue weighted by Crippen LogP contribution is -2.42. The molecule has 0 aliphatic rings. The fourth-order valence-electron chi connectivity index (χ4n) is 1.54. The van der Waals surface area contributed by atoms with Gasteiger partial charge in [0.25, 0.3) is 0 Å². The molecule has 0 aliphatic carbocycles. The van der Waals surface area contributed by atoms with Gasteiger partial charge in [-0.1, -0.05) is 6.92 Å². The summed E-state index contributed by atoms with van der Waals surface area (Å²) >= 11 is 0. The molecule has 0 aliphatic heterocycles. The quantitative estimate of drug-likeness (QED) is 0.724.